The molecule has 1 atom stereocenters. The standard InChI is InChI=1S/C9H14N4O4/c1-6(9-12-10-5-13(9)2)11-7(14)3-17-4-8(15)16/h5-6H,3-4H2,1-2H3,(H,11,14)(H,15,16). The molecule has 0 aliphatic heterocycles. The molecule has 0 saturated heterocycles. The monoisotopic (exact) mass is 242 g/mol. The van der Waals surface area contributed by atoms with E-state index in [9.17, 15) is 9.59 Å². The minimum Gasteiger partial charge on any atom is -0.480 e. The Morgan fingerprint density at radius 3 is 2.82 bits per heavy atom. The Bertz CT molecular complexity index is 403. The van der Waals surface area contributed by atoms with Crippen molar-refractivity contribution >= 4 is 11.9 Å². The van der Waals surface area contributed by atoms with Gasteiger partial charge in [0.2, 0.25) is 5.91 Å². The summed E-state index contributed by atoms with van der Waals surface area (Å²) in [5.41, 5.74) is 0. The van der Waals surface area contributed by atoms with E-state index in [4.69, 9.17) is 5.11 Å². The molecule has 0 aliphatic carbocycles. The van der Waals surface area contributed by atoms with Crippen molar-refractivity contribution in [1.82, 2.24) is 20.1 Å². The minimum absolute atomic E-state index is 0.297. The van der Waals surface area contributed by atoms with Crippen molar-refractivity contribution in [1.29, 1.82) is 0 Å². The highest BCUT2D eigenvalue weighted by atomic mass is 16.5. The van der Waals surface area contributed by atoms with E-state index in [1.165, 1.54) is 6.33 Å². The first-order valence-electron chi connectivity index (χ1n) is 4.93. The van der Waals surface area contributed by atoms with E-state index in [1.54, 1.807) is 18.5 Å². The van der Waals surface area contributed by atoms with Crippen LogP contribution >= 0.6 is 0 Å². The van der Waals surface area contributed by atoms with Gasteiger partial charge in [-0.2, -0.15) is 0 Å². The van der Waals surface area contributed by atoms with Gasteiger partial charge in [0.05, 0.1) is 6.04 Å². The molecule has 0 bridgehead atoms. The maximum absolute atomic E-state index is 11.4. The molecule has 1 heterocycles. The minimum atomic E-state index is -1.11. The fourth-order valence-electron chi connectivity index (χ4n) is 1.26. The smallest absolute Gasteiger partial charge is 0.329 e. The van der Waals surface area contributed by atoms with Gasteiger partial charge in [0.1, 0.15) is 19.5 Å². The number of nitrogens with zero attached hydrogens (tertiary/aromatic N) is 3. The van der Waals surface area contributed by atoms with Crippen LogP contribution in [0.5, 0.6) is 0 Å². The van der Waals surface area contributed by atoms with Crippen molar-refractivity contribution in [3.63, 3.8) is 0 Å². The quantitative estimate of drug-likeness (QED) is 0.669. The number of carbonyl (C=O) groups excluding carboxylic acids is 1. The zero-order valence-electron chi connectivity index (χ0n) is 9.58. The number of aliphatic carboxylic acids is 1. The summed E-state index contributed by atoms with van der Waals surface area (Å²) in [5.74, 6) is -0.905. The second-order valence-electron chi connectivity index (χ2n) is 3.48. The van der Waals surface area contributed by atoms with Gasteiger partial charge in [-0.1, -0.05) is 0 Å². The maximum atomic E-state index is 11.4. The molecule has 1 aromatic heterocycles. The molecule has 0 radical (unpaired) electrons. The fraction of sp³-hybridized carbons (Fsp3) is 0.556. The second kappa shape index (κ2) is 5.94. The number of aryl methyl sites for hydroxylation is 1. The third kappa shape index (κ3) is 4.19. The molecule has 1 amide bonds. The largest absolute Gasteiger partial charge is 0.480 e. The molecule has 2 N–H and O–H groups in total. The lowest BCUT2D eigenvalue weighted by atomic mass is 10.3. The molecule has 1 rings (SSSR count). The van der Waals surface area contributed by atoms with Gasteiger partial charge in [-0.25, -0.2) is 4.79 Å². The summed E-state index contributed by atoms with van der Waals surface area (Å²) in [6, 6.07) is -0.316. The van der Waals surface area contributed by atoms with E-state index in [0.29, 0.717) is 5.82 Å². The first-order chi connectivity index (χ1) is 8.00. The Balaban J connectivity index is 2.36. The third-order valence-electron chi connectivity index (χ3n) is 1.97. The van der Waals surface area contributed by atoms with Crippen molar-refractivity contribution in [3.8, 4) is 0 Å². The van der Waals surface area contributed by atoms with E-state index in [1.807, 2.05) is 0 Å². The van der Waals surface area contributed by atoms with Crippen LogP contribution in [0.15, 0.2) is 6.33 Å². The first kappa shape index (κ1) is 13.1. The van der Waals surface area contributed by atoms with Crippen LogP contribution in [0.4, 0.5) is 0 Å². The van der Waals surface area contributed by atoms with Gasteiger partial charge in [-0.05, 0) is 6.92 Å². The van der Waals surface area contributed by atoms with E-state index >= 15 is 0 Å². The van der Waals surface area contributed by atoms with Crippen LogP contribution in [0.3, 0.4) is 0 Å². The predicted octanol–water partition coefficient (Wildman–Crippen LogP) is -0.906. The van der Waals surface area contributed by atoms with Gasteiger partial charge in [0, 0.05) is 7.05 Å². The van der Waals surface area contributed by atoms with Crippen molar-refractivity contribution in [2.24, 2.45) is 7.05 Å². The van der Waals surface area contributed by atoms with E-state index in [0.717, 1.165) is 0 Å². The van der Waals surface area contributed by atoms with Gasteiger partial charge in [-0.3, -0.25) is 4.79 Å². The summed E-state index contributed by atoms with van der Waals surface area (Å²) >= 11 is 0. The molecule has 0 spiro atoms. The predicted molar refractivity (Wildman–Crippen MR) is 56.0 cm³/mol. The zero-order valence-corrected chi connectivity index (χ0v) is 9.58. The number of hydrogen-bond donors (Lipinski definition) is 2. The lowest BCUT2D eigenvalue weighted by Crippen LogP contribution is -2.32. The van der Waals surface area contributed by atoms with Gasteiger partial charge in [0.25, 0.3) is 0 Å². The fourth-order valence-corrected chi connectivity index (χ4v) is 1.26. The van der Waals surface area contributed by atoms with E-state index in [-0.39, 0.29) is 12.6 Å². The van der Waals surface area contributed by atoms with E-state index in [2.05, 4.69) is 20.3 Å². The molecule has 94 valence electrons. The number of nitrogens with one attached hydrogen (secondary N) is 1. The van der Waals surface area contributed by atoms with Crippen molar-refractivity contribution in [2.75, 3.05) is 13.2 Å². The SMILES string of the molecule is CC(NC(=O)COCC(=O)O)c1nncn1C. The lowest BCUT2D eigenvalue weighted by molar-refractivity contribution is -0.143. The summed E-state index contributed by atoms with van der Waals surface area (Å²) in [5, 5.41) is 18.5. The Kier molecular flexibility index (Phi) is 4.58. The summed E-state index contributed by atoms with van der Waals surface area (Å²) in [6.07, 6.45) is 1.53. The van der Waals surface area contributed by atoms with Gasteiger partial charge in [-0.15, -0.1) is 10.2 Å². The third-order valence-corrected chi connectivity index (χ3v) is 1.97. The number of ether oxygens (including phenoxy) is 1. The highest BCUT2D eigenvalue weighted by Gasteiger charge is 2.14. The number of amides is 1. The average Bonchev–Trinajstić information content (AvgIpc) is 2.63. The number of carbonyl (C=O) groups is 2. The molecule has 0 aromatic carbocycles. The Labute approximate surface area is 97.6 Å². The Morgan fingerprint density at radius 2 is 2.29 bits per heavy atom. The Morgan fingerprint density at radius 1 is 1.59 bits per heavy atom. The molecule has 8 nitrogen and oxygen atoms in total. The highest BCUT2D eigenvalue weighted by molar-refractivity contribution is 5.78. The zero-order chi connectivity index (χ0) is 12.8. The second-order valence-corrected chi connectivity index (χ2v) is 3.48. The average molecular weight is 242 g/mol. The molecule has 17 heavy (non-hydrogen) atoms. The van der Waals surface area contributed by atoms with Crippen LogP contribution in [0, 0.1) is 0 Å². The van der Waals surface area contributed by atoms with Crippen molar-refractivity contribution in [3.05, 3.63) is 12.2 Å². The topological polar surface area (TPSA) is 106 Å². The van der Waals surface area contributed by atoms with E-state index < -0.39 is 18.5 Å². The van der Waals surface area contributed by atoms with Crippen LogP contribution in [0.2, 0.25) is 0 Å². The molecule has 1 unspecified atom stereocenters. The van der Waals surface area contributed by atoms with Crippen LogP contribution in [0.1, 0.15) is 18.8 Å². The van der Waals surface area contributed by atoms with Gasteiger partial charge in [0.15, 0.2) is 5.82 Å². The summed E-state index contributed by atoms with van der Waals surface area (Å²) in [4.78, 5) is 21.5. The molecule has 1 aromatic rings. The van der Waals surface area contributed by atoms with Gasteiger partial charge >= 0.3 is 5.97 Å². The Hall–Kier alpha value is -1.96. The van der Waals surface area contributed by atoms with Crippen molar-refractivity contribution < 1.29 is 19.4 Å². The maximum Gasteiger partial charge on any atom is 0.329 e. The molecule has 0 aliphatic rings. The molecule has 8 heteroatoms. The lowest BCUT2D eigenvalue weighted by Gasteiger charge is -2.12. The number of hydrogen-bond acceptors (Lipinski definition) is 5. The molecular formula is C9H14N4O4. The number of rotatable bonds is 6. The van der Waals surface area contributed by atoms with Gasteiger partial charge < -0.3 is 19.7 Å². The van der Waals surface area contributed by atoms with Crippen molar-refractivity contribution in [2.45, 2.75) is 13.0 Å². The number of carboxylic acids is 1. The number of carboxylic acid groups (broad SMARTS) is 1. The first-order valence-corrected chi connectivity index (χ1v) is 4.93. The van der Waals surface area contributed by atoms with Crippen LogP contribution < -0.4 is 5.32 Å². The van der Waals surface area contributed by atoms with Crippen LogP contribution in [-0.2, 0) is 21.4 Å². The molecule has 0 fully saturated rings. The normalized spacial score (nSPS) is 12.1. The van der Waals surface area contributed by atoms with Crippen LogP contribution in [-0.4, -0.2) is 45.0 Å². The molecular weight excluding hydrogens is 228 g/mol. The highest BCUT2D eigenvalue weighted by Crippen LogP contribution is 2.06. The summed E-state index contributed by atoms with van der Waals surface area (Å²) < 4.78 is 6.33. The summed E-state index contributed by atoms with van der Waals surface area (Å²) in [6.45, 7) is 0.958. The van der Waals surface area contributed by atoms with Crippen LogP contribution in [0.25, 0.3) is 0 Å². The molecule has 0 saturated carbocycles. The number of aromatic nitrogens is 3. The summed E-state index contributed by atoms with van der Waals surface area (Å²) in [7, 11) is 1.76.